The molecular weight excluding hydrogens is 247 g/mol. The van der Waals surface area contributed by atoms with Gasteiger partial charge in [-0.2, -0.15) is 13.2 Å². The lowest BCUT2D eigenvalue weighted by molar-refractivity contribution is -0.138. The lowest BCUT2D eigenvalue weighted by Gasteiger charge is -2.14. The number of anilines is 1. The van der Waals surface area contributed by atoms with Gasteiger partial charge in [0.25, 0.3) is 0 Å². The second-order valence-corrected chi connectivity index (χ2v) is 3.65. The standard InChI is InChI=1S/C12H16F3NO2/c1-2-17-6-3-7-18-11-5-4-9(16)8-10(11)12(13,14)15/h4-5,8H,2-3,6-7,16H2,1H3. The zero-order valence-electron chi connectivity index (χ0n) is 10.1. The summed E-state index contributed by atoms with van der Waals surface area (Å²) >= 11 is 0. The molecule has 1 aromatic carbocycles. The van der Waals surface area contributed by atoms with E-state index in [4.69, 9.17) is 15.2 Å². The Hall–Kier alpha value is -1.43. The molecule has 0 amide bonds. The summed E-state index contributed by atoms with van der Waals surface area (Å²) in [5.74, 6) is -0.201. The van der Waals surface area contributed by atoms with Crippen LogP contribution in [0.5, 0.6) is 5.75 Å². The molecular formula is C12H16F3NO2. The summed E-state index contributed by atoms with van der Waals surface area (Å²) < 4.78 is 48.3. The van der Waals surface area contributed by atoms with Crippen molar-refractivity contribution in [2.45, 2.75) is 19.5 Å². The Kier molecular flexibility index (Phi) is 5.27. The number of nitrogens with two attached hydrogens (primary N) is 1. The molecule has 18 heavy (non-hydrogen) atoms. The first-order valence-electron chi connectivity index (χ1n) is 5.62. The van der Waals surface area contributed by atoms with Crippen molar-refractivity contribution in [1.82, 2.24) is 0 Å². The quantitative estimate of drug-likeness (QED) is 0.633. The van der Waals surface area contributed by atoms with E-state index in [0.717, 1.165) is 6.07 Å². The maximum Gasteiger partial charge on any atom is 0.420 e. The van der Waals surface area contributed by atoms with E-state index < -0.39 is 11.7 Å². The summed E-state index contributed by atoms with van der Waals surface area (Å²) in [5.41, 5.74) is 4.55. The molecule has 0 aliphatic carbocycles. The second-order valence-electron chi connectivity index (χ2n) is 3.65. The highest BCUT2D eigenvalue weighted by atomic mass is 19.4. The molecule has 3 nitrogen and oxygen atoms in total. The molecule has 0 aliphatic rings. The van der Waals surface area contributed by atoms with Gasteiger partial charge in [0.1, 0.15) is 5.75 Å². The number of alkyl halides is 3. The SMILES string of the molecule is CCOCCCOc1ccc(N)cc1C(F)(F)F. The largest absolute Gasteiger partial charge is 0.493 e. The molecule has 0 fully saturated rings. The molecule has 0 atom stereocenters. The molecule has 0 heterocycles. The number of hydrogen-bond acceptors (Lipinski definition) is 3. The van der Waals surface area contributed by atoms with Crippen LogP contribution in [-0.2, 0) is 10.9 Å². The van der Waals surface area contributed by atoms with Crippen LogP contribution in [0.15, 0.2) is 18.2 Å². The lowest BCUT2D eigenvalue weighted by atomic mass is 10.1. The Labute approximate surface area is 104 Å². The molecule has 0 aliphatic heterocycles. The van der Waals surface area contributed by atoms with E-state index in [1.165, 1.54) is 12.1 Å². The minimum atomic E-state index is -4.47. The molecule has 0 unspecified atom stereocenters. The molecule has 0 saturated heterocycles. The average molecular weight is 263 g/mol. The van der Waals surface area contributed by atoms with Gasteiger partial charge in [0.05, 0.1) is 12.2 Å². The molecule has 1 rings (SSSR count). The van der Waals surface area contributed by atoms with Gasteiger partial charge in [-0.25, -0.2) is 0 Å². The predicted octanol–water partition coefficient (Wildman–Crippen LogP) is 3.09. The van der Waals surface area contributed by atoms with E-state index in [-0.39, 0.29) is 18.0 Å². The molecule has 2 N–H and O–H groups in total. The Bertz CT molecular complexity index is 380. The monoisotopic (exact) mass is 263 g/mol. The van der Waals surface area contributed by atoms with E-state index in [9.17, 15) is 13.2 Å². The molecule has 0 aromatic heterocycles. The van der Waals surface area contributed by atoms with Crippen molar-refractivity contribution in [2.24, 2.45) is 0 Å². The van der Waals surface area contributed by atoms with Gasteiger partial charge in [-0.1, -0.05) is 0 Å². The Morgan fingerprint density at radius 1 is 1.22 bits per heavy atom. The van der Waals surface area contributed by atoms with Crippen molar-refractivity contribution in [2.75, 3.05) is 25.6 Å². The molecule has 0 spiro atoms. The smallest absolute Gasteiger partial charge is 0.420 e. The first kappa shape index (κ1) is 14.6. The normalized spacial score (nSPS) is 11.6. The fourth-order valence-electron chi connectivity index (χ4n) is 1.38. The first-order valence-corrected chi connectivity index (χ1v) is 5.62. The highest BCUT2D eigenvalue weighted by Crippen LogP contribution is 2.37. The van der Waals surface area contributed by atoms with E-state index in [1.807, 2.05) is 6.92 Å². The summed E-state index contributed by atoms with van der Waals surface area (Å²) in [6.45, 7) is 3.07. The highest BCUT2D eigenvalue weighted by Gasteiger charge is 2.34. The van der Waals surface area contributed by atoms with Crippen molar-refractivity contribution in [3.05, 3.63) is 23.8 Å². The predicted molar refractivity (Wildman–Crippen MR) is 62.5 cm³/mol. The van der Waals surface area contributed by atoms with Crippen LogP contribution in [0.2, 0.25) is 0 Å². The van der Waals surface area contributed by atoms with Crippen molar-refractivity contribution in [1.29, 1.82) is 0 Å². The Balaban J connectivity index is 2.65. The van der Waals surface area contributed by atoms with Crippen LogP contribution in [0.3, 0.4) is 0 Å². The summed E-state index contributed by atoms with van der Waals surface area (Å²) in [6.07, 6.45) is -3.93. The van der Waals surface area contributed by atoms with Gasteiger partial charge < -0.3 is 15.2 Å². The summed E-state index contributed by atoms with van der Waals surface area (Å²) in [7, 11) is 0. The van der Waals surface area contributed by atoms with Gasteiger partial charge in [-0.15, -0.1) is 0 Å². The fourth-order valence-corrected chi connectivity index (χ4v) is 1.38. The second kappa shape index (κ2) is 6.49. The Morgan fingerprint density at radius 3 is 2.56 bits per heavy atom. The van der Waals surface area contributed by atoms with Crippen LogP contribution in [0, 0.1) is 0 Å². The van der Waals surface area contributed by atoms with Crippen LogP contribution >= 0.6 is 0 Å². The van der Waals surface area contributed by atoms with Gasteiger partial charge in [0.15, 0.2) is 0 Å². The van der Waals surface area contributed by atoms with Crippen molar-refractivity contribution in [3.8, 4) is 5.75 Å². The number of ether oxygens (including phenoxy) is 2. The topological polar surface area (TPSA) is 44.5 Å². The van der Waals surface area contributed by atoms with Crippen LogP contribution in [0.4, 0.5) is 18.9 Å². The number of nitrogen functional groups attached to an aromatic ring is 1. The van der Waals surface area contributed by atoms with Crippen molar-refractivity contribution < 1.29 is 22.6 Å². The molecule has 102 valence electrons. The molecule has 0 saturated carbocycles. The fraction of sp³-hybridized carbons (Fsp3) is 0.500. The van der Waals surface area contributed by atoms with Gasteiger partial charge in [0, 0.05) is 25.3 Å². The molecule has 1 aromatic rings. The van der Waals surface area contributed by atoms with Crippen LogP contribution in [-0.4, -0.2) is 19.8 Å². The molecule has 6 heteroatoms. The van der Waals surface area contributed by atoms with E-state index in [2.05, 4.69) is 0 Å². The Morgan fingerprint density at radius 2 is 1.94 bits per heavy atom. The van der Waals surface area contributed by atoms with Crippen molar-refractivity contribution >= 4 is 5.69 Å². The summed E-state index contributed by atoms with van der Waals surface area (Å²) in [6, 6.07) is 3.49. The van der Waals surface area contributed by atoms with E-state index in [0.29, 0.717) is 19.6 Å². The maximum absolute atomic E-state index is 12.7. The minimum Gasteiger partial charge on any atom is -0.493 e. The lowest BCUT2D eigenvalue weighted by Crippen LogP contribution is -2.11. The summed E-state index contributed by atoms with van der Waals surface area (Å²) in [5, 5.41) is 0. The summed E-state index contributed by atoms with van der Waals surface area (Å²) in [4.78, 5) is 0. The van der Waals surface area contributed by atoms with Gasteiger partial charge in [-0.3, -0.25) is 0 Å². The van der Waals surface area contributed by atoms with Crippen molar-refractivity contribution in [3.63, 3.8) is 0 Å². The minimum absolute atomic E-state index is 0.0593. The van der Waals surface area contributed by atoms with E-state index >= 15 is 0 Å². The zero-order valence-corrected chi connectivity index (χ0v) is 10.1. The average Bonchev–Trinajstić information content (AvgIpc) is 2.29. The van der Waals surface area contributed by atoms with Crippen LogP contribution in [0.25, 0.3) is 0 Å². The third-order valence-corrected chi connectivity index (χ3v) is 2.20. The first-order chi connectivity index (χ1) is 8.45. The number of rotatable bonds is 6. The van der Waals surface area contributed by atoms with Crippen LogP contribution in [0.1, 0.15) is 18.9 Å². The van der Waals surface area contributed by atoms with Gasteiger partial charge in [-0.05, 0) is 25.1 Å². The zero-order chi connectivity index (χ0) is 13.6. The number of hydrogen-bond donors (Lipinski definition) is 1. The third-order valence-electron chi connectivity index (χ3n) is 2.20. The maximum atomic E-state index is 12.7. The van der Waals surface area contributed by atoms with Gasteiger partial charge in [0.2, 0.25) is 0 Å². The highest BCUT2D eigenvalue weighted by molar-refractivity contribution is 5.49. The molecule has 0 bridgehead atoms. The molecule has 0 radical (unpaired) electrons. The van der Waals surface area contributed by atoms with E-state index in [1.54, 1.807) is 0 Å². The van der Waals surface area contributed by atoms with Crippen LogP contribution < -0.4 is 10.5 Å². The number of halogens is 3. The number of benzene rings is 1. The third kappa shape index (κ3) is 4.44. The van der Waals surface area contributed by atoms with Gasteiger partial charge >= 0.3 is 6.18 Å².